The second-order valence-electron chi connectivity index (χ2n) is 5.63. The van der Waals surface area contributed by atoms with Gasteiger partial charge >= 0.3 is 0 Å². The second-order valence-corrected chi connectivity index (χ2v) is 5.63. The van der Waals surface area contributed by atoms with E-state index < -0.39 is 5.91 Å². The maximum absolute atomic E-state index is 12.0. The second kappa shape index (κ2) is 6.64. The van der Waals surface area contributed by atoms with Crippen LogP contribution in [-0.4, -0.2) is 17.5 Å². The van der Waals surface area contributed by atoms with Gasteiger partial charge in [0.2, 0.25) is 16.7 Å². The lowest BCUT2D eigenvalue weighted by Crippen LogP contribution is -2.22. The average Bonchev–Trinajstić information content (AvgIpc) is 2.53. The number of carbonyl (C=O) groups excluding carboxylic acids is 1. The van der Waals surface area contributed by atoms with E-state index in [2.05, 4.69) is 10.3 Å². The summed E-state index contributed by atoms with van der Waals surface area (Å²) in [6.07, 6.45) is 1.18. The number of carbonyl (C=O) groups is 1. The van der Waals surface area contributed by atoms with Crippen molar-refractivity contribution in [2.75, 3.05) is 11.9 Å². The van der Waals surface area contributed by atoms with E-state index in [9.17, 15) is 14.4 Å². The zero-order chi connectivity index (χ0) is 18.0. The van der Waals surface area contributed by atoms with Crippen molar-refractivity contribution in [3.05, 3.63) is 68.5 Å². The maximum atomic E-state index is 12.0. The number of fused-ring (bicyclic) bond motifs is 1. The highest BCUT2D eigenvalue weighted by Gasteiger charge is 2.08. The fraction of sp³-hybridized carbons (Fsp3) is 0.167. The molecule has 25 heavy (non-hydrogen) atoms. The Kier molecular flexibility index (Phi) is 4.38. The molecule has 0 fully saturated rings. The molecule has 0 atom stereocenters. The monoisotopic (exact) mass is 340 g/mol. The van der Waals surface area contributed by atoms with Crippen molar-refractivity contribution >= 4 is 22.5 Å². The molecule has 2 heterocycles. The van der Waals surface area contributed by atoms with Crippen LogP contribution in [0.15, 0.2) is 50.6 Å². The van der Waals surface area contributed by atoms with E-state index >= 15 is 0 Å². The van der Waals surface area contributed by atoms with Gasteiger partial charge in [0.25, 0.3) is 5.91 Å². The molecule has 2 N–H and O–H groups in total. The molecule has 2 aromatic heterocycles. The van der Waals surface area contributed by atoms with Gasteiger partial charge in [-0.15, -0.1) is 0 Å². The van der Waals surface area contributed by atoms with Gasteiger partial charge in [0.1, 0.15) is 12.0 Å². The first-order valence-electron chi connectivity index (χ1n) is 7.58. The number of benzene rings is 1. The molecule has 1 aromatic carbocycles. The van der Waals surface area contributed by atoms with Crippen molar-refractivity contribution in [3.63, 3.8) is 0 Å². The van der Waals surface area contributed by atoms with Gasteiger partial charge in [-0.1, -0.05) is 6.07 Å². The van der Waals surface area contributed by atoms with Crippen LogP contribution in [0.4, 0.5) is 5.69 Å². The van der Waals surface area contributed by atoms with E-state index in [0.717, 1.165) is 10.9 Å². The zero-order valence-corrected chi connectivity index (χ0v) is 13.7. The number of nitrogens with one attached hydrogen (secondary N) is 2. The first kappa shape index (κ1) is 16.5. The normalized spacial score (nSPS) is 10.6. The molecule has 128 valence electrons. The Morgan fingerprint density at radius 1 is 1.20 bits per heavy atom. The molecule has 0 unspecified atom stereocenters. The Morgan fingerprint density at radius 3 is 2.76 bits per heavy atom. The summed E-state index contributed by atoms with van der Waals surface area (Å²) in [5.74, 6) is -0.00390. The van der Waals surface area contributed by atoms with Crippen LogP contribution in [0.25, 0.3) is 10.9 Å². The lowest BCUT2D eigenvalue weighted by atomic mass is 10.1. The molecule has 1 amide bonds. The summed E-state index contributed by atoms with van der Waals surface area (Å²) in [5, 5.41) is 3.55. The lowest BCUT2D eigenvalue weighted by Gasteiger charge is -2.08. The quantitative estimate of drug-likeness (QED) is 0.757. The fourth-order valence-corrected chi connectivity index (χ4v) is 2.45. The number of aryl methyl sites for hydroxylation is 2. The summed E-state index contributed by atoms with van der Waals surface area (Å²) < 4.78 is 10.2. The number of hydrogen-bond donors (Lipinski definition) is 2. The molecule has 0 saturated carbocycles. The summed E-state index contributed by atoms with van der Waals surface area (Å²) in [4.78, 5) is 37.9. The molecule has 7 heteroatoms. The van der Waals surface area contributed by atoms with E-state index in [0.29, 0.717) is 17.0 Å². The largest absolute Gasteiger partial charge is 0.477 e. The Balaban J connectivity index is 1.71. The molecule has 0 bridgehead atoms. The van der Waals surface area contributed by atoms with Crippen LogP contribution in [0.5, 0.6) is 5.75 Å². The lowest BCUT2D eigenvalue weighted by molar-refractivity contribution is -0.118. The summed E-state index contributed by atoms with van der Waals surface area (Å²) in [5.41, 5.74) is 1.44. The molecule has 3 rings (SSSR count). The topological polar surface area (TPSA) is 101 Å². The molecule has 0 aliphatic carbocycles. The molecular formula is C18H16N2O5. The smallest absolute Gasteiger partial charge is 0.262 e. The first-order chi connectivity index (χ1) is 11.9. The third kappa shape index (κ3) is 3.77. The number of aromatic nitrogens is 1. The summed E-state index contributed by atoms with van der Waals surface area (Å²) in [7, 11) is 0. The summed E-state index contributed by atoms with van der Waals surface area (Å²) >= 11 is 0. The van der Waals surface area contributed by atoms with Gasteiger partial charge in [-0.05, 0) is 31.5 Å². The van der Waals surface area contributed by atoms with Crippen LogP contribution in [0, 0.1) is 13.8 Å². The summed E-state index contributed by atoms with van der Waals surface area (Å²) in [6.45, 7) is 3.15. The number of hydrogen-bond acceptors (Lipinski definition) is 5. The van der Waals surface area contributed by atoms with Crippen LogP contribution in [0.2, 0.25) is 0 Å². The highest BCUT2D eigenvalue weighted by molar-refractivity contribution is 5.94. The first-order valence-corrected chi connectivity index (χ1v) is 7.58. The van der Waals surface area contributed by atoms with Gasteiger partial charge in [-0.25, -0.2) is 0 Å². The van der Waals surface area contributed by atoms with Gasteiger partial charge < -0.3 is 19.5 Å². The van der Waals surface area contributed by atoms with E-state index in [1.807, 2.05) is 13.0 Å². The van der Waals surface area contributed by atoms with Gasteiger partial charge in [-0.3, -0.25) is 14.4 Å². The van der Waals surface area contributed by atoms with Crippen molar-refractivity contribution in [2.45, 2.75) is 13.8 Å². The van der Waals surface area contributed by atoms with Gasteiger partial charge in [0.05, 0.1) is 5.52 Å². The van der Waals surface area contributed by atoms with E-state index in [1.165, 1.54) is 18.4 Å². The SMILES string of the molecule is Cc1cc(=O)c(OCC(=O)Nc2ccc3c(C)cc(=O)[nH]c3c2)co1. The van der Waals surface area contributed by atoms with Crippen LogP contribution < -0.4 is 21.0 Å². The van der Waals surface area contributed by atoms with Crippen molar-refractivity contribution in [1.29, 1.82) is 0 Å². The van der Waals surface area contributed by atoms with Crippen molar-refractivity contribution in [2.24, 2.45) is 0 Å². The maximum Gasteiger partial charge on any atom is 0.262 e. The molecule has 0 spiro atoms. The summed E-state index contributed by atoms with van der Waals surface area (Å²) in [6, 6.07) is 8.01. The number of rotatable bonds is 4. The van der Waals surface area contributed by atoms with E-state index in [1.54, 1.807) is 19.1 Å². The molecule has 0 aliphatic rings. The minimum Gasteiger partial charge on any atom is -0.477 e. The van der Waals surface area contributed by atoms with Crippen LogP contribution in [-0.2, 0) is 4.79 Å². The van der Waals surface area contributed by atoms with Gasteiger partial charge in [0, 0.05) is 23.2 Å². The van der Waals surface area contributed by atoms with Gasteiger partial charge in [0.15, 0.2) is 6.61 Å². The highest BCUT2D eigenvalue weighted by Crippen LogP contribution is 2.19. The molecule has 0 aliphatic heterocycles. The number of amides is 1. The molecule has 3 aromatic rings. The van der Waals surface area contributed by atoms with Crippen LogP contribution >= 0.6 is 0 Å². The van der Waals surface area contributed by atoms with Crippen LogP contribution in [0.1, 0.15) is 11.3 Å². The predicted molar refractivity (Wildman–Crippen MR) is 93.1 cm³/mol. The van der Waals surface area contributed by atoms with E-state index in [-0.39, 0.29) is 23.3 Å². The minimum atomic E-state index is -0.436. The Bertz CT molecular complexity index is 1060. The number of H-pyrrole nitrogens is 1. The van der Waals surface area contributed by atoms with E-state index in [4.69, 9.17) is 9.15 Å². The highest BCUT2D eigenvalue weighted by atomic mass is 16.5. The Morgan fingerprint density at radius 2 is 2.00 bits per heavy atom. The predicted octanol–water partition coefficient (Wildman–Crippen LogP) is 2.12. The zero-order valence-electron chi connectivity index (χ0n) is 13.7. The van der Waals surface area contributed by atoms with Crippen molar-refractivity contribution in [3.8, 4) is 5.75 Å². The van der Waals surface area contributed by atoms with Crippen LogP contribution in [0.3, 0.4) is 0 Å². The third-order valence-electron chi connectivity index (χ3n) is 3.62. The van der Waals surface area contributed by atoms with Crippen molar-refractivity contribution in [1.82, 2.24) is 4.98 Å². The standard InChI is InChI=1S/C18H16N2O5/c1-10-5-17(22)20-14-7-12(3-4-13(10)14)19-18(23)9-25-16-8-24-11(2)6-15(16)21/h3-8H,9H2,1-2H3,(H,19,23)(H,20,22). The molecule has 0 radical (unpaired) electrons. The van der Waals surface area contributed by atoms with Gasteiger partial charge in [-0.2, -0.15) is 0 Å². The number of anilines is 1. The molecular weight excluding hydrogens is 324 g/mol. The molecule has 0 saturated heterocycles. The Hall–Kier alpha value is -3.35. The molecule has 7 nitrogen and oxygen atoms in total. The Labute approximate surface area is 142 Å². The average molecular weight is 340 g/mol. The third-order valence-corrected chi connectivity index (χ3v) is 3.62. The minimum absolute atomic E-state index is 0.0285. The fourth-order valence-electron chi connectivity index (χ4n) is 2.45. The number of ether oxygens (including phenoxy) is 1. The number of pyridine rings is 1. The van der Waals surface area contributed by atoms with Crippen molar-refractivity contribution < 1.29 is 13.9 Å². The number of aromatic amines is 1.